The van der Waals surface area contributed by atoms with Crippen molar-refractivity contribution < 1.29 is 4.74 Å². The molecule has 0 spiro atoms. The van der Waals surface area contributed by atoms with Gasteiger partial charge < -0.3 is 9.64 Å². The second kappa shape index (κ2) is 5.23. The predicted octanol–water partition coefficient (Wildman–Crippen LogP) is 1.10. The van der Waals surface area contributed by atoms with Gasteiger partial charge in [0.15, 0.2) is 6.10 Å². The zero-order chi connectivity index (χ0) is 11.4. The number of nitriles is 1. The third kappa shape index (κ3) is 2.49. The molecule has 1 aliphatic rings. The maximum Gasteiger partial charge on any atom is 0.225 e. The van der Waals surface area contributed by atoms with Crippen molar-refractivity contribution in [3.8, 4) is 6.07 Å². The Hall–Kier alpha value is -1.19. The molecule has 2 rings (SSSR count). The highest BCUT2D eigenvalue weighted by molar-refractivity contribution is 9.08. The van der Waals surface area contributed by atoms with E-state index >= 15 is 0 Å². The third-order valence-corrected chi connectivity index (χ3v) is 2.99. The first-order chi connectivity index (χ1) is 7.83. The molecule has 5 nitrogen and oxygen atoms in total. The fraction of sp³-hybridized carbons (Fsp3) is 0.500. The van der Waals surface area contributed by atoms with Gasteiger partial charge in [0.1, 0.15) is 0 Å². The van der Waals surface area contributed by atoms with Crippen molar-refractivity contribution in [2.75, 3.05) is 24.6 Å². The van der Waals surface area contributed by atoms with Gasteiger partial charge in [0.05, 0.1) is 19.2 Å². The van der Waals surface area contributed by atoms with Gasteiger partial charge in [-0.1, -0.05) is 15.9 Å². The van der Waals surface area contributed by atoms with E-state index in [1.165, 1.54) is 0 Å². The van der Waals surface area contributed by atoms with Gasteiger partial charge in [0.2, 0.25) is 5.95 Å². The van der Waals surface area contributed by atoms with E-state index in [2.05, 4.69) is 32.0 Å². The fourth-order valence-electron chi connectivity index (χ4n) is 1.49. The van der Waals surface area contributed by atoms with E-state index in [-0.39, 0.29) is 6.10 Å². The van der Waals surface area contributed by atoms with Gasteiger partial charge in [0.25, 0.3) is 0 Å². The molecular weight excluding hydrogens is 272 g/mol. The molecule has 1 unspecified atom stereocenters. The number of aromatic nitrogens is 2. The van der Waals surface area contributed by atoms with Crippen molar-refractivity contribution in [1.29, 1.82) is 5.26 Å². The fourth-order valence-corrected chi connectivity index (χ4v) is 1.78. The number of ether oxygens (including phenoxy) is 1. The minimum Gasteiger partial charge on any atom is -0.360 e. The van der Waals surface area contributed by atoms with Crippen LogP contribution in [-0.4, -0.2) is 35.8 Å². The van der Waals surface area contributed by atoms with E-state index in [0.29, 0.717) is 19.1 Å². The first-order valence-corrected chi connectivity index (χ1v) is 6.08. The molecular formula is C10H11BrN4O. The number of hydrogen-bond donors (Lipinski definition) is 0. The predicted molar refractivity (Wildman–Crippen MR) is 62.2 cm³/mol. The second-order valence-corrected chi connectivity index (χ2v) is 4.02. The van der Waals surface area contributed by atoms with Crippen LogP contribution in [0.15, 0.2) is 12.4 Å². The van der Waals surface area contributed by atoms with E-state index in [0.717, 1.165) is 17.4 Å². The summed E-state index contributed by atoms with van der Waals surface area (Å²) in [5, 5.41) is 9.54. The summed E-state index contributed by atoms with van der Waals surface area (Å²) < 4.78 is 5.26. The van der Waals surface area contributed by atoms with Crippen LogP contribution in [0.4, 0.5) is 5.95 Å². The normalized spacial score (nSPS) is 20.5. The molecule has 1 atom stereocenters. The Balaban J connectivity index is 2.08. The minimum absolute atomic E-state index is 0.381. The van der Waals surface area contributed by atoms with E-state index in [9.17, 15) is 0 Å². The van der Waals surface area contributed by atoms with Gasteiger partial charge in [-0.25, -0.2) is 9.97 Å². The lowest BCUT2D eigenvalue weighted by molar-refractivity contribution is 0.0758. The maximum absolute atomic E-state index is 8.79. The molecule has 0 bridgehead atoms. The summed E-state index contributed by atoms with van der Waals surface area (Å²) >= 11 is 3.34. The number of morpholine rings is 1. The van der Waals surface area contributed by atoms with Crippen LogP contribution in [0.1, 0.15) is 5.56 Å². The Bertz CT molecular complexity index is 389. The molecule has 0 amide bonds. The molecule has 1 fully saturated rings. The minimum atomic E-state index is -0.381. The van der Waals surface area contributed by atoms with Crippen LogP contribution in [0, 0.1) is 11.3 Å². The summed E-state index contributed by atoms with van der Waals surface area (Å²) in [6, 6.07) is 2.10. The largest absolute Gasteiger partial charge is 0.360 e. The summed E-state index contributed by atoms with van der Waals surface area (Å²) in [6.07, 6.45) is 3.19. The SMILES string of the molecule is N#CC1CN(c2ncc(CBr)cn2)CCO1. The number of halogens is 1. The summed E-state index contributed by atoms with van der Waals surface area (Å²) in [4.78, 5) is 10.5. The van der Waals surface area contributed by atoms with Crippen molar-refractivity contribution in [2.24, 2.45) is 0 Å². The van der Waals surface area contributed by atoms with E-state index < -0.39 is 0 Å². The Kier molecular flexibility index (Phi) is 3.70. The van der Waals surface area contributed by atoms with Crippen LogP contribution in [0.3, 0.4) is 0 Å². The highest BCUT2D eigenvalue weighted by Crippen LogP contribution is 2.13. The van der Waals surface area contributed by atoms with Gasteiger partial charge in [-0.2, -0.15) is 5.26 Å². The molecule has 6 heteroatoms. The smallest absolute Gasteiger partial charge is 0.225 e. The van der Waals surface area contributed by atoms with Gasteiger partial charge in [-0.05, 0) is 5.56 Å². The van der Waals surface area contributed by atoms with Crippen LogP contribution < -0.4 is 4.90 Å². The topological polar surface area (TPSA) is 62.0 Å². The molecule has 0 N–H and O–H groups in total. The van der Waals surface area contributed by atoms with Crippen molar-refractivity contribution in [3.63, 3.8) is 0 Å². The van der Waals surface area contributed by atoms with Crippen LogP contribution in [0.2, 0.25) is 0 Å². The lowest BCUT2D eigenvalue weighted by atomic mass is 10.3. The molecule has 0 radical (unpaired) electrons. The zero-order valence-electron chi connectivity index (χ0n) is 8.64. The highest BCUT2D eigenvalue weighted by Gasteiger charge is 2.21. The number of alkyl halides is 1. The Morgan fingerprint density at radius 1 is 1.56 bits per heavy atom. The molecule has 16 heavy (non-hydrogen) atoms. The van der Waals surface area contributed by atoms with Gasteiger partial charge in [0, 0.05) is 24.3 Å². The lowest BCUT2D eigenvalue weighted by Gasteiger charge is -2.29. The first-order valence-electron chi connectivity index (χ1n) is 4.96. The molecule has 0 saturated carbocycles. The van der Waals surface area contributed by atoms with Crippen LogP contribution in [0.5, 0.6) is 0 Å². The van der Waals surface area contributed by atoms with Gasteiger partial charge in [-0.15, -0.1) is 0 Å². The molecule has 0 aliphatic carbocycles. The first kappa shape index (κ1) is 11.3. The van der Waals surface area contributed by atoms with Crippen LogP contribution in [-0.2, 0) is 10.1 Å². The molecule has 1 aromatic rings. The van der Waals surface area contributed by atoms with E-state index in [1.54, 1.807) is 12.4 Å². The standard InChI is InChI=1S/C10H11BrN4O/c11-3-8-5-13-10(14-6-8)15-1-2-16-9(4-12)7-15/h5-6,9H,1-3,7H2. The average Bonchev–Trinajstić information content (AvgIpc) is 2.39. The van der Waals surface area contributed by atoms with Crippen LogP contribution >= 0.6 is 15.9 Å². The molecule has 1 saturated heterocycles. The second-order valence-electron chi connectivity index (χ2n) is 3.46. The Morgan fingerprint density at radius 2 is 2.31 bits per heavy atom. The average molecular weight is 283 g/mol. The molecule has 2 heterocycles. The number of hydrogen-bond acceptors (Lipinski definition) is 5. The summed E-state index contributed by atoms with van der Waals surface area (Å²) in [7, 11) is 0. The van der Waals surface area contributed by atoms with Crippen molar-refractivity contribution in [1.82, 2.24) is 9.97 Å². The van der Waals surface area contributed by atoms with E-state index in [1.807, 2.05) is 4.90 Å². The Labute approximate surface area is 102 Å². The summed E-state index contributed by atoms with van der Waals surface area (Å²) in [6.45, 7) is 1.80. The van der Waals surface area contributed by atoms with E-state index in [4.69, 9.17) is 10.00 Å². The van der Waals surface area contributed by atoms with Gasteiger partial charge in [-0.3, -0.25) is 0 Å². The molecule has 84 valence electrons. The summed E-state index contributed by atoms with van der Waals surface area (Å²) in [5.41, 5.74) is 1.04. The molecule has 1 aromatic heterocycles. The van der Waals surface area contributed by atoms with Gasteiger partial charge >= 0.3 is 0 Å². The van der Waals surface area contributed by atoms with Crippen molar-refractivity contribution in [3.05, 3.63) is 18.0 Å². The monoisotopic (exact) mass is 282 g/mol. The number of anilines is 1. The maximum atomic E-state index is 8.79. The van der Waals surface area contributed by atoms with Crippen molar-refractivity contribution >= 4 is 21.9 Å². The molecule has 1 aliphatic heterocycles. The molecule has 0 aromatic carbocycles. The quantitative estimate of drug-likeness (QED) is 0.761. The summed E-state index contributed by atoms with van der Waals surface area (Å²) in [5.74, 6) is 0.660. The lowest BCUT2D eigenvalue weighted by Crippen LogP contribution is -2.42. The van der Waals surface area contributed by atoms with Crippen molar-refractivity contribution in [2.45, 2.75) is 11.4 Å². The third-order valence-electron chi connectivity index (χ3n) is 2.34. The van der Waals surface area contributed by atoms with Crippen LogP contribution in [0.25, 0.3) is 0 Å². The number of rotatable bonds is 2. The zero-order valence-corrected chi connectivity index (χ0v) is 10.2. The highest BCUT2D eigenvalue weighted by atomic mass is 79.9. The Morgan fingerprint density at radius 3 is 2.94 bits per heavy atom. The number of nitrogens with zero attached hydrogens (tertiary/aromatic N) is 4.